The predicted octanol–water partition coefficient (Wildman–Crippen LogP) is 4.58. The highest BCUT2D eigenvalue weighted by Crippen LogP contribution is 2.52. The first-order valence-electron chi connectivity index (χ1n) is 9.02. The molecule has 0 N–H and O–H groups in total. The summed E-state index contributed by atoms with van der Waals surface area (Å²) in [5, 5.41) is 9.40. The number of thiocarbonyl (C=S) groups is 1. The molecule has 2 rings (SSSR count). The van der Waals surface area contributed by atoms with Gasteiger partial charge in [0.1, 0.15) is 17.7 Å². The third-order valence-corrected chi connectivity index (χ3v) is 11.7. The zero-order chi connectivity index (χ0) is 20.6. The summed E-state index contributed by atoms with van der Waals surface area (Å²) in [6.07, 6.45) is 1.63. The van der Waals surface area contributed by atoms with Crippen molar-refractivity contribution in [3.05, 3.63) is 23.3 Å². The van der Waals surface area contributed by atoms with E-state index in [0.717, 1.165) is 4.91 Å². The maximum atomic E-state index is 13.0. The molecule has 2 aliphatic rings. The van der Waals surface area contributed by atoms with Crippen molar-refractivity contribution in [3.63, 3.8) is 0 Å². The maximum absolute atomic E-state index is 13.0. The van der Waals surface area contributed by atoms with Gasteiger partial charge in [0.05, 0.1) is 24.5 Å². The molecule has 148 valence electrons. The van der Waals surface area contributed by atoms with Crippen LogP contribution < -0.4 is 0 Å². The first-order valence-corrected chi connectivity index (χ1v) is 13.2. The van der Waals surface area contributed by atoms with E-state index in [1.165, 1.54) is 11.8 Å². The lowest BCUT2D eigenvalue weighted by Crippen LogP contribution is -2.62. The molecule has 0 radical (unpaired) electrons. The van der Waals surface area contributed by atoms with Crippen molar-refractivity contribution < 1.29 is 14.0 Å². The lowest BCUT2D eigenvalue weighted by molar-refractivity contribution is -0.151. The summed E-state index contributed by atoms with van der Waals surface area (Å²) in [5.74, 6) is -0.247. The molecule has 0 spiro atoms. The molecular formula is C19H28N2O3S2Si. The summed E-state index contributed by atoms with van der Waals surface area (Å²) in [4.78, 5) is 15.4. The summed E-state index contributed by atoms with van der Waals surface area (Å²) in [6, 6.07) is 2.16. The number of fused-ring (bicyclic) bond motifs is 1. The fraction of sp³-hybridized carbons (Fsp3) is 0.632. The molecule has 0 saturated carbocycles. The predicted molar refractivity (Wildman–Crippen MR) is 115 cm³/mol. The van der Waals surface area contributed by atoms with E-state index in [4.69, 9.17) is 26.6 Å². The molecule has 0 aromatic heterocycles. The van der Waals surface area contributed by atoms with Crippen LogP contribution in [-0.4, -0.2) is 42.3 Å². The number of nitriles is 1. The van der Waals surface area contributed by atoms with Gasteiger partial charge < -0.3 is 9.16 Å². The number of carbonyl (C=O) groups excluding carboxylic acids is 1. The van der Waals surface area contributed by atoms with Crippen molar-refractivity contribution in [1.82, 2.24) is 4.90 Å². The van der Waals surface area contributed by atoms with Gasteiger partial charge in [-0.3, -0.25) is 9.69 Å². The van der Waals surface area contributed by atoms with Crippen LogP contribution in [0.25, 0.3) is 0 Å². The summed E-state index contributed by atoms with van der Waals surface area (Å²) in [5.41, 5.74) is 0.573. The van der Waals surface area contributed by atoms with Gasteiger partial charge in [0, 0.05) is 4.91 Å². The Morgan fingerprint density at radius 1 is 1.52 bits per heavy atom. The van der Waals surface area contributed by atoms with Gasteiger partial charge in [-0.25, -0.2) is 0 Å². The Kier molecular flexibility index (Phi) is 6.62. The van der Waals surface area contributed by atoms with E-state index in [1.54, 1.807) is 11.0 Å². The molecule has 1 saturated heterocycles. The average Bonchev–Trinajstić information content (AvgIpc) is 2.85. The third-order valence-electron chi connectivity index (χ3n) is 5.41. The molecule has 0 bridgehead atoms. The van der Waals surface area contributed by atoms with Crippen LogP contribution in [0.15, 0.2) is 23.3 Å². The lowest BCUT2D eigenvalue weighted by Gasteiger charge is -2.48. The number of β-lactam (4-membered cyclic amide) rings is 1. The Balaban J connectivity index is 2.19. The van der Waals surface area contributed by atoms with E-state index in [9.17, 15) is 4.79 Å². The van der Waals surface area contributed by atoms with Gasteiger partial charge in [0.2, 0.25) is 11.0 Å². The number of hydrogen-bond acceptors (Lipinski definition) is 6. The Labute approximate surface area is 172 Å². The Morgan fingerprint density at radius 3 is 2.67 bits per heavy atom. The number of allylic oxidation sites excluding steroid dienone is 1. The summed E-state index contributed by atoms with van der Waals surface area (Å²) in [6.45, 7) is 16.8. The number of thioether (sulfide) groups is 1. The molecule has 0 aliphatic carbocycles. The number of carbonyl (C=O) groups is 1. The first kappa shape index (κ1) is 22.1. The van der Waals surface area contributed by atoms with Gasteiger partial charge in [0.25, 0.3) is 0 Å². The van der Waals surface area contributed by atoms with Gasteiger partial charge in [-0.1, -0.05) is 33.4 Å². The minimum absolute atomic E-state index is 0.00815. The fourth-order valence-electron chi connectivity index (χ4n) is 2.95. The Bertz CT molecular complexity index is 721. The van der Waals surface area contributed by atoms with Crippen LogP contribution in [0.4, 0.5) is 0 Å². The molecule has 1 fully saturated rings. The highest BCUT2D eigenvalue weighted by atomic mass is 32.2. The van der Waals surface area contributed by atoms with E-state index in [-0.39, 0.29) is 46.4 Å². The molecule has 0 unspecified atom stereocenters. The number of nitrogens with zero attached hydrogens (tertiary/aromatic N) is 2. The molecule has 0 aromatic carbocycles. The normalized spacial score (nSPS) is 23.4. The topological polar surface area (TPSA) is 62.6 Å². The smallest absolute Gasteiger partial charge is 0.236 e. The summed E-state index contributed by atoms with van der Waals surface area (Å²) >= 11 is 6.89. The van der Waals surface area contributed by atoms with E-state index in [0.29, 0.717) is 5.70 Å². The number of hydrogen-bond donors (Lipinski definition) is 0. The molecule has 2 aliphatic heterocycles. The van der Waals surface area contributed by atoms with Gasteiger partial charge in [-0.15, -0.1) is 11.8 Å². The largest absolute Gasteiger partial charge is 0.478 e. The number of amides is 1. The minimum Gasteiger partial charge on any atom is -0.478 e. The quantitative estimate of drug-likeness (QED) is 0.258. The molecule has 27 heavy (non-hydrogen) atoms. The van der Waals surface area contributed by atoms with Crippen LogP contribution >= 0.6 is 24.0 Å². The number of ether oxygens (including phenoxy) is 1. The van der Waals surface area contributed by atoms with Gasteiger partial charge in [0.15, 0.2) is 8.32 Å². The minimum atomic E-state index is -1.98. The highest BCUT2D eigenvalue weighted by molar-refractivity contribution is 8.04. The fourth-order valence-corrected chi connectivity index (χ4v) is 6.27. The van der Waals surface area contributed by atoms with Crippen LogP contribution in [-0.2, 0) is 14.0 Å². The van der Waals surface area contributed by atoms with E-state index >= 15 is 0 Å². The van der Waals surface area contributed by atoms with E-state index in [2.05, 4.69) is 46.5 Å². The second-order valence-electron chi connectivity index (χ2n) is 8.32. The average molecular weight is 425 g/mol. The third kappa shape index (κ3) is 4.16. The van der Waals surface area contributed by atoms with Crippen molar-refractivity contribution in [1.29, 1.82) is 5.26 Å². The molecule has 0 aromatic rings. The van der Waals surface area contributed by atoms with Crippen LogP contribution in [0, 0.1) is 17.2 Å². The summed E-state index contributed by atoms with van der Waals surface area (Å²) < 4.78 is 11.9. The zero-order valence-corrected chi connectivity index (χ0v) is 19.5. The monoisotopic (exact) mass is 424 g/mol. The maximum Gasteiger partial charge on any atom is 0.236 e. The second kappa shape index (κ2) is 8.07. The molecule has 5 nitrogen and oxygen atoms in total. The van der Waals surface area contributed by atoms with Gasteiger partial charge in [-0.05, 0) is 37.3 Å². The Morgan fingerprint density at radius 2 is 2.15 bits per heavy atom. The Hall–Kier alpha value is -1.14. The molecule has 2 heterocycles. The standard InChI is InChI=1S/C19H28N2O3S2Si/c1-8-11-23-18(25)15-13(9-10-20)26-17-14(16(22)21(15)17)12(2)24-27(6,7)19(3,4)5/h8,12,14,17H,1,9,11H2,2-7H3/t12-,14+,17-/m1/s1. The molecular weight excluding hydrogens is 396 g/mol. The van der Waals surface area contributed by atoms with Gasteiger partial charge >= 0.3 is 0 Å². The summed E-state index contributed by atoms with van der Waals surface area (Å²) in [7, 11) is -1.98. The van der Waals surface area contributed by atoms with Crippen LogP contribution in [0.5, 0.6) is 0 Å². The zero-order valence-electron chi connectivity index (χ0n) is 16.9. The van der Waals surface area contributed by atoms with Crippen LogP contribution in [0.1, 0.15) is 34.1 Å². The van der Waals surface area contributed by atoms with Crippen molar-refractivity contribution >= 4 is 43.3 Å². The highest BCUT2D eigenvalue weighted by Gasteiger charge is 2.58. The van der Waals surface area contributed by atoms with Crippen molar-refractivity contribution in [3.8, 4) is 6.07 Å². The molecule has 1 amide bonds. The van der Waals surface area contributed by atoms with E-state index < -0.39 is 8.32 Å². The van der Waals surface area contributed by atoms with Gasteiger partial charge in [-0.2, -0.15) is 5.26 Å². The van der Waals surface area contributed by atoms with Crippen molar-refractivity contribution in [2.45, 2.75) is 63.7 Å². The van der Waals surface area contributed by atoms with Crippen LogP contribution in [0.2, 0.25) is 18.1 Å². The van der Waals surface area contributed by atoms with Crippen molar-refractivity contribution in [2.24, 2.45) is 5.92 Å². The van der Waals surface area contributed by atoms with Crippen LogP contribution in [0.3, 0.4) is 0 Å². The first-order chi connectivity index (χ1) is 12.5. The van der Waals surface area contributed by atoms with Crippen molar-refractivity contribution in [2.75, 3.05) is 6.61 Å². The molecule has 3 atom stereocenters. The molecule has 8 heteroatoms. The SMILES string of the molecule is C=CCOC(=S)C1=C(CC#N)S[C@@H]2[C@@H]([C@@H](C)O[Si](C)(C)C(C)(C)C)C(=O)N12. The number of rotatable bonds is 7. The lowest BCUT2D eigenvalue weighted by atomic mass is 9.92. The van der Waals surface area contributed by atoms with E-state index in [1.807, 2.05) is 6.92 Å². The second-order valence-corrected chi connectivity index (χ2v) is 14.7.